The Morgan fingerprint density at radius 3 is 2.10 bits per heavy atom. The molecule has 6 heteroatoms. The summed E-state index contributed by atoms with van der Waals surface area (Å²) in [6.45, 7) is 3.57. The van der Waals surface area contributed by atoms with Crippen LogP contribution in [0.2, 0.25) is 0 Å². The summed E-state index contributed by atoms with van der Waals surface area (Å²) >= 11 is 0. The summed E-state index contributed by atoms with van der Waals surface area (Å²) < 4.78 is 0. The molecular formula is C25H31N3O3. The Balaban J connectivity index is 1.68. The minimum atomic E-state index is -0.941. The number of unbranched alkanes of at least 4 members (excludes halogenated alkanes) is 3. The molecule has 6 nitrogen and oxygen atoms in total. The van der Waals surface area contributed by atoms with Gasteiger partial charge in [0.05, 0.1) is 6.04 Å². The van der Waals surface area contributed by atoms with Gasteiger partial charge in [-0.2, -0.15) is 0 Å². The molecule has 2 aromatic rings. The SMILES string of the molecule is CCCCCC[C@]1(C)NC(=O)N(CC(=O)NC(c2ccccc2)c2ccccc2)C1=O. The first-order valence-electron chi connectivity index (χ1n) is 11.0. The van der Waals surface area contributed by atoms with Gasteiger partial charge in [-0.1, -0.05) is 93.3 Å². The van der Waals surface area contributed by atoms with Crippen molar-refractivity contribution in [2.45, 2.75) is 57.5 Å². The Morgan fingerprint density at radius 1 is 0.968 bits per heavy atom. The molecule has 1 aliphatic heterocycles. The molecule has 3 rings (SSSR count). The van der Waals surface area contributed by atoms with Crippen LogP contribution in [-0.4, -0.2) is 34.8 Å². The lowest BCUT2D eigenvalue weighted by Crippen LogP contribution is -2.45. The van der Waals surface area contributed by atoms with E-state index in [2.05, 4.69) is 17.6 Å². The van der Waals surface area contributed by atoms with E-state index in [-0.39, 0.29) is 24.4 Å². The van der Waals surface area contributed by atoms with E-state index in [9.17, 15) is 14.4 Å². The van der Waals surface area contributed by atoms with Gasteiger partial charge >= 0.3 is 6.03 Å². The van der Waals surface area contributed by atoms with E-state index >= 15 is 0 Å². The molecular weight excluding hydrogens is 390 g/mol. The third-order valence-corrected chi connectivity index (χ3v) is 5.75. The lowest BCUT2D eigenvalue weighted by Gasteiger charge is -2.23. The maximum absolute atomic E-state index is 12.9. The maximum Gasteiger partial charge on any atom is 0.325 e. The van der Waals surface area contributed by atoms with Crippen molar-refractivity contribution in [3.8, 4) is 0 Å². The van der Waals surface area contributed by atoms with Crippen LogP contribution >= 0.6 is 0 Å². The van der Waals surface area contributed by atoms with E-state index in [1.807, 2.05) is 60.7 Å². The fourth-order valence-electron chi connectivity index (χ4n) is 3.97. The molecule has 0 saturated carbocycles. The molecule has 0 unspecified atom stereocenters. The number of imide groups is 1. The first-order chi connectivity index (χ1) is 14.9. The van der Waals surface area contributed by atoms with Crippen LogP contribution in [0.5, 0.6) is 0 Å². The lowest BCUT2D eigenvalue weighted by atomic mass is 9.94. The van der Waals surface area contributed by atoms with Gasteiger partial charge in [-0.25, -0.2) is 4.79 Å². The Labute approximate surface area is 184 Å². The Kier molecular flexibility index (Phi) is 7.45. The molecule has 1 atom stereocenters. The van der Waals surface area contributed by atoms with Gasteiger partial charge in [-0.15, -0.1) is 0 Å². The molecule has 0 aromatic heterocycles. The van der Waals surface area contributed by atoms with Gasteiger partial charge in [0, 0.05) is 0 Å². The Hall–Kier alpha value is -3.15. The van der Waals surface area contributed by atoms with Crippen molar-refractivity contribution < 1.29 is 14.4 Å². The van der Waals surface area contributed by atoms with Gasteiger partial charge < -0.3 is 10.6 Å². The van der Waals surface area contributed by atoms with Crippen molar-refractivity contribution >= 4 is 17.8 Å². The first-order valence-corrected chi connectivity index (χ1v) is 11.0. The smallest absolute Gasteiger partial charge is 0.325 e. The molecule has 1 saturated heterocycles. The number of rotatable bonds is 10. The predicted octanol–water partition coefficient (Wildman–Crippen LogP) is 4.17. The van der Waals surface area contributed by atoms with Gasteiger partial charge in [-0.3, -0.25) is 14.5 Å². The summed E-state index contributed by atoms with van der Waals surface area (Å²) in [4.78, 5) is 39.3. The van der Waals surface area contributed by atoms with E-state index in [1.54, 1.807) is 6.92 Å². The molecule has 0 spiro atoms. The average molecular weight is 422 g/mol. The highest BCUT2D eigenvalue weighted by atomic mass is 16.2. The topological polar surface area (TPSA) is 78.5 Å². The quantitative estimate of drug-likeness (QED) is 0.446. The van der Waals surface area contributed by atoms with Crippen LogP contribution in [0, 0.1) is 0 Å². The van der Waals surface area contributed by atoms with Crippen molar-refractivity contribution in [3.63, 3.8) is 0 Å². The molecule has 2 aromatic carbocycles. The van der Waals surface area contributed by atoms with Gasteiger partial charge in [0.15, 0.2) is 0 Å². The zero-order chi connectivity index (χ0) is 22.3. The molecule has 1 fully saturated rings. The van der Waals surface area contributed by atoms with E-state index < -0.39 is 11.6 Å². The van der Waals surface area contributed by atoms with Crippen LogP contribution in [0.1, 0.15) is 63.1 Å². The van der Waals surface area contributed by atoms with Crippen LogP contribution in [-0.2, 0) is 9.59 Å². The molecule has 164 valence electrons. The van der Waals surface area contributed by atoms with Crippen molar-refractivity contribution in [2.24, 2.45) is 0 Å². The summed E-state index contributed by atoms with van der Waals surface area (Å²) in [6.07, 6.45) is 4.66. The summed E-state index contributed by atoms with van der Waals surface area (Å²) in [6, 6.07) is 18.4. The zero-order valence-corrected chi connectivity index (χ0v) is 18.3. The van der Waals surface area contributed by atoms with E-state index in [4.69, 9.17) is 0 Å². The molecule has 1 heterocycles. The molecule has 31 heavy (non-hydrogen) atoms. The standard InChI is InChI=1S/C25H31N3O3/c1-3-4-5-12-17-25(2)23(30)28(24(31)27-25)18-21(29)26-22(19-13-8-6-9-14-19)20-15-10-7-11-16-20/h6-11,13-16,22H,3-5,12,17-18H2,1-2H3,(H,26,29)(H,27,31)/t25-/m0/s1. The van der Waals surface area contributed by atoms with Crippen LogP contribution in [0.15, 0.2) is 60.7 Å². The number of nitrogens with zero attached hydrogens (tertiary/aromatic N) is 1. The average Bonchev–Trinajstić information content (AvgIpc) is 2.99. The van der Waals surface area contributed by atoms with Crippen molar-refractivity contribution in [1.82, 2.24) is 15.5 Å². The molecule has 0 bridgehead atoms. The van der Waals surface area contributed by atoms with Gasteiger partial charge in [0.2, 0.25) is 5.91 Å². The van der Waals surface area contributed by atoms with E-state index in [0.717, 1.165) is 41.7 Å². The minimum absolute atomic E-state index is 0.300. The fourth-order valence-corrected chi connectivity index (χ4v) is 3.97. The second-order valence-corrected chi connectivity index (χ2v) is 8.29. The summed E-state index contributed by atoms with van der Waals surface area (Å²) in [7, 11) is 0. The number of carbonyl (C=O) groups excluding carboxylic acids is 3. The molecule has 1 aliphatic rings. The Morgan fingerprint density at radius 2 is 1.55 bits per heavy atom. The number of hydrogen-bond donors (Lipinski definition) is 2. The predicted molar refractivity (Wildman–Crippen MR) is 120 cm³/mol. The monoisotopic (exact) mass is 421 g/mol. The molecule has 2 N–H and O–H groups in total. The summed E-state index contributed by atoms with van der Waals surface area (Å²) in [5.74, 6) is -0.712. The van der Waals surface area contributed by atoms with Crippen LogP contribution in [0.25, 0.3) is 0 Å². The number of nitrogens with one attached hydrogen (secondary N) is 2. The molecule has 0 aliphatic carbocycles. The summed E-state index contributed by atoms with van der Waals surface area (Å²) in [5.41, 5.74) is 0.920. The molecule has 0 radical (unpaired) electrons. The third-order valence-electron chi connectivity index (χ3n) is 5.75. The lowest BCUT2D eigenvalue weighted by molar-refractivity contribution is -0.134. The van der Waals surface area contributed by atoms with Crippen LogP contribution in [0.4, 0.5) is 4.79 Å². The number of urea groups is 1. The maximum atomic E-state index is 12.9. The normalized spacial score (nSPS) is 18.4. The number of hydrogen-bond acceptors (Lipinski definition) is 3. The highest BCUT2D eigenvalue weighted by Gasteiger charge is 2.47. The van der Waals surface area contributed by atoms with Crippen LogP contribution < -0.4 is 10.6 Å². The first kappa shape index (κ1) is 22.5. The van der Waals surface area contributed by atoms with Crippen LogP contribution in [0.3, 0.4) is 0 Å². The highest BCUT2D eigenvalue weighted by Crippen LogP contribution is 2.25. The third kappa shape index (κ3) is 5.51. The van der Waals surface area contributed by atoms with Gasteiger partial charge in [-0.05, 0) is 24.5 Å². The van der Waals surface area contributed by atoms with E-state index in [1.165, 1.54) is 0 Å². The zero-order valence-electron chi connectivity index (χ0n) is 18.3. The van der Waals surface area contributed by atoms with Crippen molar-refractivity contribution in [3.05, 3.63) is 71.8 Å². The van der Waals surface area contributed by atoms with Gasteiger partial charge in [0.25, 0.3) is 5.91 Å². The van der Waals surface area contributed by atoms with Gasteiger partial charge in [0.1, 0.15) is 12.1 Å². The molecule has 4 amide bonds. The number of carbonyl (C=O) groups is 3. The second kappa shape index (κ2) is 10.2. The highest BCUT2D eigenvalue weighted by molar-refractivity contribution is 6.08. The van der Waals surface area contributed by atoms with E-state index in [0.29, 0.717) is 6.42 Å². The second-order valence-electron chi connectivity index (χ2n) is 8.29. The number of amides is 4. The minimum Gasteiger partial charge on any atom is -0.344 e. The Bertz CT molecular complexity index is 861. The number of benzene rings is 2. The summed E-state index contributed by atoms with van der Waals surface area (Å²) in [5, 5.41) is 5.78. The van der Waals surface area contributed by atoms with Crippen molar-refractivity contribution in [1.29, 1.82) is 0 Å². The fraction of sp³-hybridized carbons (Fsp3) is 0.400. The van der Waals surface area contributed by atoms with Crippen molar-refractivity contribution in [2.75, 3.05) is 6.54 Å². The largest absolute Gasteiger partial charge is 0.344 e.